The zero-order valence-electron chi connectivity index (χ0n) is 14.9. The van der Waals surface area contributed by atoms with Gasteiger partial charge in [-0.15, -0.1) is 10.1 Å². The Hall–Kier alpha value is -3.75. The van der Waals surface area contributed by atoms with Gasteiger partial charge in [0, 0.05) is 19.0 Å². The van der Waals surface area contributed by atoms with E-state index < -0.39 is 28.8 Å². The summed E-state index contributed by atoms with van der Waals surface area (Å²) in [4.78, 5) is 53.4. The van der Waals surface area contributed by atoms with Crippen LogP contribution in [0.3, 0.4) is 0 Å². The second-order valence-electron chi connectivity index (χ2n) is 6.00. The van der Waals surface area contributed by atoms with Crippen LogP contribution in [0.1, 0.15) is 39.2 Å². The maximum absolute atomic E-state index is 13.3. The predicted molar refractivity (Wildman–Crippen MR) is 95.2 cm³/mol. The summed E-state index contributed by atoms with van der Waals surface area (Å²) in [5, 5.41) is 9.46. The van der Waals surface area contributed by atoms with Gasteiger partial charge in [0.05, 0.1) is 5.56 Å². The van der Waals surface area contributed by atoms with Gasteiger partial charge in [0.25, 0.3) is 11.0 Å². The fourth-order valence-electron chi connectivity index (χ4n) is 3.16. The third-order valence-electron chi connectivity index (χ3n) is 4.24. The first-order chi connectivity index (χ1) is 13.4. The van der Waals surface area contributed by atoms with Gasteiger partial charge in [-0.2, -0.15) is 0 Å². The minimum atomic E-state index is -1.00. The number of para-hydroxylation sites is 1. The second-order valence-corrected chi connectivity index (χ2v) is 6.00. The Labute approximate surface area is 159 Å². The molecule has 1 unspecified atom stereocenters. The van der Waals surface area contributed by atoms with E-state index in [0.29, 0.717) is 11.1 Å². The number of carbonyl (C=O) groups is 3. The Morgan fingerprint density at radius 3 is 2.54 bits per heavy atom. The van der Waals surface area contributed by atoms with Crippen LogP contribution in [-0.4, -0.2) is 40.8 Å². The van der Waals surface area contributed by atoms with Crippen LogP contribution in [0.25, 0.3) is 0 Å². The third kappa shape index (κ3) is 3.68. The van der Waals surface area contributed by atoms with E-state index in [0.717, 1.165) is 0 Å². The lowest BCUT2D eigenvalue weighted by molar-refractivity contribution is -0.757. The first-order valence-electron chi connectivity index (χ1n) is 8.39. The van der Waals surface area contributed by atoms with Crippen molar-refractivity contribution in [2.45, 2.75) is 13.0 Å². The fourth-order valence-corrected chi connectivity index (χ4v) is 3.16. The smallest absolute Gasteiger partial charge is 0.308 e. The molecule has 2 aromatic rings. The topological polar surface area (TPSA) is 116 Å². The van der Waals surface area contributed by atoms with Gasteiger partial charge in [0.15, 0.2) is 5.78 Å². The molecular formula is C19H16N2O7. The van der Waals surface area contributed by atoms with E-state index in [1.165, 1.54) is 24.0 Å². The number of Topliss-reactive ketones (excluding diaryl/α,β-unsaturated/α-hetero) is 1. The normalized spacial score (nSPS) is 15.1. The molecular weight excluding hydrogens is 368 g/mol. The van der Waals surface area contributed by atoms with E-state index in [9.17, 15) is 24.5 Å². The predicted octanol–water partition coefficient (Wildman–Crippen LogP) is 2.20. The van der Waals surface area contributed by atoms with Crippen LogP contribution in [0.2, 0.25) is 0 Å². The summed E-state index contributed by atoms with van der Waals surface area (Å²) in [6.45, 7) is 0.694. The summed E-state index contributed by atoms with van der Waals surface area (Å²) in [5.41, 5.74) is 0.954. The molecule has 0 bridgehead atoms. The first-order valence-corrected chi connectivity index (χ1v) is 8.39. The highest BCUT2D eigenvalue weighted by atomic mass is 16.9. The fraction of sp³-hybridized carbons (Fsp3) is 0.211. The van der Waals surface area contributed by atoms with Crippen molar-refractivity contribution in [1.82, 2.24) is 4.90 Å². The van der Waals surface area contributed by atoms with Crippen LogP contribution in [0.4, 0.5) is 0 Å². The number of carbonyl (C=O) groups excluding carboxylic acids is 3. The molecule has 144 valence electrons. The summed E-state index contributed by atoms with van der Waals surface area (Å²) in [7, 11) is 0. The average Bonchev–Trinajstić information content (AvgIpc) is 2.93. The van der Waals surface area contributed by atoms with Gasteiger partial charge in [-0.05, 0) is 23.8 Å². The SMILES string of the molecule is CC(=O)Oc1ccccc1C(=O)C1c2ccccc2C(=O)N1CCO[N+](=O)[O-]. The monoisotopic (exact) mass is 384 g/mol. The third-order valence-corrected chi connectivity index (χ3v) is 4.24. The Bertz CT molecular complexity index is 957. The highest BCUT2D eigenvalue weighted by Gasteiger charge is 2.41. The molecule has 0 spiro atoms. The molecule has 1 amide bonds. The average molecular weight is 384 g/mol. The van der Waals surface area contributed by atoms with Gasteiger partial charge in [0.1, 0.15) is 18.4 Å². The quantitative estimate of drug-likeness (QED) is 0.236. The van der Waals surface area contributed by atoms with Crippen molar-refractivity contribution in [2.24, 2.45) is 0 Å². The van der Waals surface area contributed by atoms with Crippen molar-refractivity contribution in [3.8, 4) is 5.75 Å². The summed E-state index contributed by atoms with van der Waals surface area (Å²) < 4.78 is 5.11. The van der Waals surface area contributed by atoms with Crippen molar-refractivity contribution in [3.05, 3.63) is 75.3 Å². The number of nitrogens with zero attached hydrogens (tertiary/aromatic N) is 2. The number of esters is 1. The number of benzene rings is 2. The van der Waals surface area contributed by atoms with Crippen molar-refractivity contribution in [1.29, 1.82) is 0 Å². The van der Waals surface area contributed by atoms with Gasteiger partial charge in [0.2, 0.25) is 0 Å². The number of rotatable bonds is 7. The molecule has 1 aliphatic rings. The number of fused-ring (bicyclic) bond motifs is 1. The van der Waals surface area contributed by atoms with Gasteiger partial charge < -0.3 is 14.5 Å². The molecule has 1 atom stereocenters. The molecule has 1 aliphatic heterocycles. The molecule has 3 rings (SSSR count). The minimum absolute atomic E-state index is 0.0818. The standard InChI is InChI=1S/C19H16N2O7/c1-12(22)28-16-9-5-4-8-15(16)18(23)17-13-6-2-3-7-14(13)19(24)20(17)10-11-27-21(25)26/h2-9,17H,10-11H2,1H3. The van der Waals surface area contributed by atoms with Gasteiger partial charge in [-0.1, -0.05) is 30.3 Å². The molecule has 0 aliphatic carbocycles. The molecule has 0 fully saturated rings. The van der Waals surface area contributed by atoms with E-state index >= 15 is 0 Å². The van der Waals surface area contributed by atoms with Crippen molar-refractivity contribution in [3.63, 3.8) is 0 Å². The van der Waals surface area contributed by atoms with E-state index in [2.05, 4.69) is 4.84 Å². The maximum atomic E-state index is 13.3. The summed E-state index contributed by atoms with van der Waals surface area (Å²) in [5.74, 6) is -1.39. The second kappa shape index (κ2) is 7.87. The Morgan fingerprint density at radius 1 is 1.14 bits per heavy atom. The molecule has 28 heavy (non-hydrogen) atoms. The lowest BCUT2D eigenvalue weighted by Gasteiger charge is -2.24. The van der Waals surface area contributed by atoms with E-state index in [-0.39, 0.29) is 24.5 Å². The molecule has 9 heteroatoms. The zero-order chi connectivity index (χ0) is 20.3. The molecule has 2 aromatic carbocycles. The van der Waals surface area contributed by atoms with Crippen molar-refractivity contribution < 1.29 is 29.0 Å². The summed E-state index contributed by atoms with van der Waals surface area (Å²) in [6.07, 6.45) is 0. The molecule has 0 radical (unpaired) electrons. The van der Waals surface area contributed by atoms with Gasteiger partial charge in [-0.25, -0.2) is 0 Å². The molecule has 1 heterocycles. The van der Waals surface area contributed by atoms with Gasteiger partial charge in [-0.3, -0.25) is 14.4 Å². The highest BCUT2D eigenvalue weighted by Crippen LogP contribution is 2.37. The van der Waals surface area contributed by atoms with Crippen molar-refractivity contribution >= 4 is 17.7 Å². The summed E-state index contributed by atoms with van der Waals surface area (Å²) >= 11 is 0. The molecule has 0 aromatic heterocycles. The number of hydrogen-bond acceptors (Lipinski definition) is 7. The van der Waals surface area contributed by atoms with E-state index in [4.69, 9.17) is 4.74 Å². The van der Waals surface area contributed by atoms with Crippen LogP contribution >= 0.6 is 0 Å². The van der Waals surface area contributed by atoms with Gasteiger partial charge >= 0.3 is 5.97 Å². The maximum Gasteiger partial charge on any atom is 0.308 e. The number of amides is 1. The van der Waals surface area contributed by atoms with Crippen LogP contribution < -0.4 is 4.74 Å². The van der Waals surface area contributed by atoms with Crippen molar-refractivity contribution in [2.75, 3.05) is 13.2 Å². The molecule has 9 nitrogen and oxygen atoms in total. The Kier molecular flexibility index (Phi) is 5.35. The van der Waals surface area contributed by atoms with E-state index in [1.807, 2.05) is 0 Å². The number of ketones is 1. The van der Waals surface area contributed by atoms with Crippen LogP contribution in [0.5, 0.6) is 5.75 Å². The zero-order valence-corrected chi connectivity index (χ0v) is 14.9. The lowest BCUT2D eigenvalue weighted by atomic mass is 9.96. The first kappa shape index (κ1) is 19.0. The Balaban J connectivity index is 1.99. The number of hydrogen-bond donors (Lipinski definition) is 0. The molecule has 0 saturated carbocycles. The lowest BCUT2D eigenvalue weighted by Crippen LogP contribution is -2.36. The van der Waals surface area contributed by atoms with Crippen LogP contribution in [0.15, 0.2) is 48.5 Å². The Morgan fingerprint density at radius 2 is 1.82 bits per heavy atom. The summed E-state index contributed by atoms with van der Waals surface area (Å²) in [6, 6.07) is 11.8. The molecule has 0 saturated heterocycles. The van der Waals surface area contributed by atoms with Crippen LogP contribution in [0, 0.1) is 10.1 Å². The van der Waals surface area contributed by atoms with Crippen LogP contribution in [-0.2, 0) is 9.63 Å². The van der Waals surface area contributed by atoms with E-state index in [1.54, 1.807) is 36.4 Å². The largest absolute Gasteiger partial charge is 0.426 e. The minimum Gasteiger partial charge on any atom is -0.426 e. The molecule has 0 N–H and O–H groups in total. The highest BCUT2D eigenvalue weighted by molar-refractivity contribution is 6.11. The number of ether oxygens (including phenoxy) is 1.